The van der Waals surface area contributed by atoms with Gasteiger partial charge in [-0.2, -0.15) is 0 Å². The van der Waals surface area contributed by atoms with Gasteiger partial charge in [0.1, 0.15) is 6.35 Å². The molecule has 1 aliphatic rings. The highest BCUT2D eigenvalue weighted by Gasteiger charge is 2.39. The van der Waals surface area contributed by atoms with Gasteiger partial charge in [-0.3, -0.25) is 4.57 Å². The molecule has 0 N–H and O–H groups in total. The van der Waals surface area contributed by atoms with Gasteiger partial charge in [-0.05, 0) is 12.1 Å². The van der Waals surface area contributed by atoms with E-state index in [1.165, 1.54) is 0 Å². The summed E-state index contributed by atoms with van der Waals surface area (Å²) in [5, 5.41) is 0.843. The molecule has 1 aromatic carbocycles. The Bertz CT molecular complexity index is 273. The monoisotopic (exact) mass is 154 g/mol. The van der Waals surface area contributed by atoms with Crippen LogP contribution in [0.4, 0.5) is 0 Å². The van der Waals surface area contributed by atoms with Gasteiger partial charge in [0.25, 0.3) is 7.37 Å². The van der Waals surface area contributed by atoms with Crippen LogP contribution in [0.1, 0.15) is 0 Å². The first-order valence-electron chi connectivity index (χ1n) is 3.10. The third-order valence-electron chi connectivity index (χ3n) is 1.51. The van der Waals surface area contributed by atoms with Crippen LogP contribution >= 0.6 is 7.37 Å². The van der Waals surface area contributed by atoms with Gasteiger partial charge in [0.15, 0.2) is 0 Å². The highest BCUT2D eigenvalue weighted by atomic mass is 31.2. The minimum Gasteiger partial charge on any atom is -0.313 e. The van der Waals surface area contributed by atoms with Gasteiger partial charge >= 0.3 is 0 Å². The fourth-order valence-electron chi connectivity index (χ4n) is 0.857. The average molecular weight is 154 g/mol. The van der Waals surface area contributed by atoms with E-state index >= 15 is 0 Å². The summed E-state index contributed by atoms with van der Waals surface area (Å²) in [6.45, 7) is 0. The number of hydrogen-bond acceptors (Lipinski definition) is 2. The third kappa shape index (κ3) is 0.898. The van der Waals surface area contributed by atoms with E-state index in [1.54, 1.807) is 0 Å². The van der Waals surface area contributed by atoms with E-state index in [9.17, 15) is 4.57 Å². The Hall–Kier alpha value is -0.590. The van der Waals surface area contributed by atoms with Gasteiger partial charge in [-0.25, -0.2) is 0 Å². The molecule has 1 unspecified atom stereocenters. The second-order valence-corrected chi connectivity index (χ2v) is 4.65. The van der Waals surface area contributed by atoms with E-state index in [0.29, 0.717) is 6.35 Å². The summed E-state index contributed by atoms with van der Waals surface area (Å²) in [5.74, 6) is 0. The average Bonchev–Trinajstić information content (AvgIpc) is 2.72. The van der Waals surface area contributed by atoms with Crippen LogP contribution in [0, 0.1) is 0 Å². The molecule has 1 atom stereocenters. The molecule has 52 valence electrons. The van der Waals surface area contributed by atoms with Crippen molar-refractivity contribution in [1.29, 1.82) is 0 Å². The lowest BCUT2D eigenvalue weighted by molar-refractivity contribution is 0.521. The molecule has 0 saturated carbocycles. The lowest BCUT2D eigenvalue weighted by atomic mass is 10.4. The van der Waals surface area contributed by atoms with Gasteiger partial charge in [-0.15, -0.1) is 0 Å². The van der Waals surface area contributed by atoms with Crippen molar-refractivity contribution in [3.05, 3.63) is 30.3 Å². The van der Waals surface area contributed by atoms with Crippen molar-refractivity contribution in [1.82, 2.24) is 0 Å². The molecule has 1 saturated heterocycles. The third-order valence-corrected chi connectivity index (χ3v) is 3.33. The van der Waals surface area contributed by atoms with E-state index in [1.807, 2.05) is 30.3 Å². The van der Waals surface area contributed by atoms with Gasteiger partial charge in [0.2, 0.25) is 0 Å². The van der Waals surface area contributed by atoms with Crippen LogP contribution in [0.25, 0.3) is 0 Å². The van der Waals surface area contributed by atoms with Crippen molar-refractivity contribution < 1.29 is 9.09 Å². The lowest BCUT2D eigenvalue weighted by Crippen LogP contribution is -1.92. The molecule has 0 aliphatic carbocycles. The van der Waals surface area contributed by atoms with Crippen molar-refractivity contribution in [2.75, 3.05) is 6.35 Å². The molecular formula is C7H7O2P. The topological polar surface area (TPSA) is 29.6 Å². The normalized spacial score (nSPS) is 30.0. The van der Waals surface area contributed by atoms with Crippen molar-refractivity contribution >= 4 is 12.7 Å². The molecule has 3 heteroatoms. The Labute approximate surface area is 59.3 Å². The van der Waals surface area contributed by atoms with Crippen LogP contribution in [-0.4, -0.2) is 6.35 Å². The molecule has 0 aromatic heterocycles. The van der Waals surface area contributed by atoms with E-state index in [2.05, 4.69) is 0 Å². The summed E-state index contributed by atoms with van der Waals surface area (Å²) in [5.41, 5.74) is 0. The summed E-state index contributed by atoms with van der Waals surface area (Å²) in [7, 11) is -2.27. The first-order chi connectivity index (χ1) is 4.81. The SMILES string of the molecule is O=P1(c2ccccc2)CO1. The van der Waals surface area contributed by atoms with Crippen molar-refractivity contribution in [2.24, 2.45) is 0 Å². The van der Waals surface area contributed by atoms with E-state index < -0.39 is 7.37 Å². The van der Waals surface area contributed by atoms with Gasteiger partial charge in [-0.1, -0.05) is 18.2 Å². The predicted octanol–water partition coefficient (Wildman–Crippen LogP) is 1.58. The molecule has 1 heterocycles. The Morgan fingerprint density at radius 2 is 1.90 bits per heavy atom. The van der Waals surface area contributed by atoms with Crippen molar-refractivity contribution in [2.45, 2.75) is 0 Å². The molecule has 10 heavy (non-hydrogen) atoms. The molecular weight excluding hydrogens is 147 g/mol. The van der Waals surface area contributed by atoms with Crippen LogP contribution in [0.5, 0.6) is 0 Å². The number of hydrogen-bond donors (Lipinski definition) is 0. The van der Waals surface area contributed by atoms with E-state index in [-0.39, 0.29) is 0 Å². The van der Waals surface area contributed by atoms with Gasteiger partial charge in [0.05, 0.1) is 0 Å². The zero-order valence-electron chi connectivity index (χ0n) is 5.36. The summed E-state index contributed by atoms with van der Waals surface area (Å²) in [4.78, 5) is 0. The molecule has 0 spiro atoms. The molecule has 2 rings (SSSR count). The van der Waals surface area contributed by atoms with Crippen LogP contribution in [-0.2, 0) is 9.09 Å². The highest BCUT2D eigenvalue weighted by molar-refractivity contribution is 7.72. The maximum absolute atomic E-state index is 11.3. The maximum Gasteiger partial charge on any atom is 0.258 e. The van der Waals surface area contributed by atoms with Crippen LogP contribution in [0.15, 0.2) is 30.3 Å². The number of rotatable bonds is 1. The van der Waals surface area contributed by atoms with Gasteiger partial charge < -0.3 is 4.52 Å². The molecule has 1 aliphatic heterocycles. The number of benzene rings is 1. The summed E-state index contributed by atoms with van der Waals surface area (Å²) >= 11 is 0. The minimum atomic E-state index is -2.27. The molecule has 0 radical (unpaired) electrons. The Morgan fingerprint density at radius 1 is 1.30 bits per heavy atom. The predicted molar refractivity (Wildman–Crippen MR) is 39.6 cm³/mol. The standard InChI is InChI=1S/C7H7O2P/c8-10(6-9-10)7-4-2-1-3-5-7/h1-5H,6H2. The van der Waals surface area contributed by atoms with Gasteiger partial charge in [0, 0.05) is 5.30 Å². The summed E-state index contributed by atoms with van der Waals surface area (Å²) < 4.78 is 16.1. The fourth-order valence-corrected chi connectivity index (χ4v) is 2.20. The zero-order valence-corrected chi connectivity index (χ0v) is 6.25. The Kier molecular flexibility index (Phi) is 1.19. The highest BCUT2D eigenvalue weighted by Crippen LogP contribution is 2.60. The largest absolute Gasteiger partial charge is 0.313 e. The van der Waals surface area contributed by atoms with Crippen LogP contribution in [0.2, 0.25) is 0 Å². The molecule has 1 aromatic rings. The second-order valence-electron chi connectivity index (χ2n) is 2.27. The van der Waals surface area contributed by atoms with Crippen molar-refractivity contribution in [3.8, 4) is 0 Å². The first kappa shape index (κ1) is 6.14. The molecule has 1 fully saturated rings. The van der Waals surface area contributed by atoms with E-state index in [0.717, 1.165) is 5.30 Å². The van der Waals surface area contributed by atoms with E-state index in [4.69, 9.17) is 4.52 Å². The smallest absolute Gasteiger partial charge is 0.258 e. The van der Waals surface area contributed by atoms with Crippen LogP contribution < -0.4 is 5.30 Å². The summed E-state index contributed by atoms with van der Waals surface area (Å²) in [6, 6.07) is 9.33. The zero-order chi connectivity index (χ0) is 7.03. The van der Waals surface area contributed by atoms with Crippen LogP contribution in [0.3, 0.4) is 0 Å². The Morgan fingerprint density at radius 3 is 2.40 bits per heavy atom. The maximum atomic E-state index is 11.3. The summed E-state index contributed by atoms with van der Waals surface area (Å²) in [6.07, 6.45) is 0.428. The lowest BCUT2D eigenvalue weighted by Gasteiger charge is -1.90. The molecule has 2 nitrogen and oxygen atoms in total. The quantitative estimate of drug-likeness (QED) is 0.454. The fraction of sp³-hybridized carbons (Fsp3) is 0.143. The molecule has 0 bridgehead atoms. The first-order valence-corrected chi connectivity index (χ1v) is 4.91. The second kappa shape index (κ2) is 1.94. The Balaban J connectivity index is 2.44. The minimum absolute atomic E-state index is 0.428. The van der Waals surface area contributed by atoms with Crippen molar-refractivity contribution in [3.63, 3.8) is 0 Å². The molecule has 0 amide bonds.